The van der Waals surface area contributed by atoms with E-state index in [-0.39, 0.29) is 33.9 Å². The number of hydrogen-bond acceptors (Lipinski definition) is 7. The Balaban J connectivity index is 2.34. The van der Waals surface area contributed by atoms with Crippen molar-refractivity contribution in [2.24, 2.45) is 12.2 Å². The van der Waals surface area contributed by atoms with Crippen LogP contribution in [0.2, 0.25) is 10.0 Å². The first-order valence-corrected chi connectivity index (χ1v) is 9.10. The number of halogens is 2. The van der Waals surface area contributed by atoms with Crippen LogP contribution in [0.25, 0.3) is 0 Å². The fourth-order valence-corrected chi connectivity index (χ4v) is 2.63. The van der Waals surface area contributed by atoms with Crippen LogP contribution in [-0.2, 0) is 21.5 Å². The topological polar surface area (TPSA) is 112 Å². The number of aryl methyl sites for hydroxylation is 2. The normalized spacial score (nSPS) is 12.1. The number of rotatable bonds is 9. The number of nitrogens with zero attached hydrogens (tertiary/aromatic N) is 3. The highest BCUT2D eigenvalue weighted by molar-refractivity contribution is 6.36. The molecule has 1 atom stereocenters. The minimum atomic E-state index is -1.15. The van der Waals surface area contributed by atoms with Gasteiger partial charge >= 0.3 is 5.97 Å². The lowest BCUT2D eigenvalue weighted by atomic mass is 10.2. The van der Waals surface area contributed by atoms with Gasteiger partial charge in [-0.25, -0.2) is 9.48 Å². The highest BCUT2D eigenvalue weighted by atomic mass is 35.5. The summed E-state index contributed by atoms with van der Waals surface area (Å²) in [5.41, 5.74) is 1.10. The number of carbonyl (C=O) groups is 2. The maximum Gasteiger partial charge on any atom is 0.344 e. The third-order valence-electron chi connectivity index (χ3n) is 3.58. The maximum atomic E-state index is 11.0. The fraction of sp³-hybridized carbons (Fsp3) is 0.333. The first kappa shape index (κ1) is 22.5. The molecule has 2 aromatic rings. The molecule has 1 aromatic carbocycles. The van der Waals surface area contributed by atoms with Gasteiger partial charge in [0.15, 0.2) is 24.2 Å². The van der Waals surface area contributed by atoms with Crippen LogP contribution in [0.1, 0.15) is 25.1 Å². The number of ketones is 1. The lowest BCUT2D eigenvalue weighted by molar-refractivity contribution is -0.144. The van der Waals surface area contributed by atoms with E-state index in [4.69, 9.17) is 42.6 Å². The third-order valence-corrected chi connectivity index (χ3v) is 4.17. The molecular formula is C18H19Cl2N3O6. The van der Waals surface area contributed by atoms with Crippen molar-refractivity contribution in [2.75, 3.05) is 6.61 Å². The van der Waals surface area contributed by atoms with E-state index in [9.17, 15) is 9.59 Å². The second-order valence-electron chi connectivity index (χ2n) is 6.05. The molecule has 11 heteroatoms. The molecule has 0 bridgehead atoms. The molecular weight excluding hydrogens is 425 g/mol. The zero-order valence-corrected chi connectivity index (χ0v) is 17.6. The van der Waals surface area contributed by atoms with Gasteiger partial charge in [-0.1, -0.05) is 28.4 Å². The van der Waals surface area contributed by atoms with Crippen LogP contribution >= 0.6 is 23.2 Å². The predicted molar refractivity (Wildman–Crippen MR) is 106 cm³/mol. The van der Waals surface area contributed by atoms with Crippen LogP contribution in [-0.4, -0.2) is 45.6 Å². The maximum absolute atomic E-state index is 11.0. The van der Waals surface area contributed by atoms with E-state index in [1.807, 2.05) is 0 Å². The highest BCUT2D eigenvalue weighted by Crippen LogP contribution is 2.39. The van der Waals surface area contributed by atoms with Gasteiger partial charge in [0.1, 0.15) is 5.75 Å². The molecule has 0 fully saturated rings. The molecule has 1 heterocycles. The fourth-order valence-electron chi connectivity index (χ4n) is 2.17. The van der Waals surface area contributed by atoms with Crippen LogP contribution in [0.15, 0.2) is 17.3 Å². The van der Waals surface area contributed by atoms with E-state index in [0.29, 0.717) is 17.1 Å². The lowest BCUT2D eigenvalue weighted by Crippen LogP contribution is -2.23. The SMILES string of the molecule is CC(=O)CON=Cc1c(C)nn(C)c1Oc1cc(O[C@@H](C)C(=O)O)c(Cl)cc1Cl. The Hall–Kier alpha value is -2.78. The molecule has 0 aliphatic carbocycles. The van der Waals surface area contributed by atoms with Crippen molar-refractivity contribution < 1.29 is 29.0 Å². The minimum absolute atomic E-state index is 0.0971. The minimum Gasteiger partial charge on any atom is -0.479 e. The summed E-state index contributed by atoms with van der Waals surface area (Å²) in [4.78, 5) is 26.9. The van der Waals surface area contributed by atoms with Crippen molar-refractivity contribution in [3.05, 3.63) is 33.4 Å². The van der Waals surface area contributed by atoms with Gasteiger partial charge in [0.2, 0.25) is 5.88 Å². The Bertz CT molecular complexity index is 958. The standard InChI is InChI=1S/C18H19Cl2N3O6/c1-9(24)8-27-21-7-12-10(2)22-23(4)17(12)29-16-6-15(13(19)5-14(16)20)28-11(3)18(25)26/h5-7,11H,8H2,1-4H3,(H,25,26)/t11-/m0/s1. The smallest absolute Gasteiger partial charge is 0.344 e. The Morgan fingerprint density at radius 1 is 1.31 bits per heavy atom. The number of carbonyl (C=O) groups excluding carboxylic acids is 1. The average molecular weight is 444 g/mol. The lowest BCUT2D eigenvalue weighted by Gasteiger charge is -2.15. The van der Waals surface area contributed by atoms with Gasteiger partial charge in [0.25, 0.3) is 0 Å². The largest absolute Gasteiger partial charge is 0.479 e. The number of Topliss-reactive ketones (excluding diaryl/α,β-unsaturated/α-hetero) is 1. The summed E-state index contributed by atoms with van der Waals surface area (Å²) in [7, 11) is 1.66. The van der Waals surface area contributed by atoms with E-state index in [2.05, 4.69) is 10.3 Å². The molecule has 2 rings (SSSR count). The summed E-state index contributed by atoms with van der Waals surface area (Å²) < 4.78 is 12.7. The zero-order chi connectivity index (χ0) is 21.7. The van der Waals surface area contributed by atoms with Gasteiger partial charge in [-0.15, -0.1) is 0 Å². The molecule has 0 aliphatic heterocycles. The monoisotopic (exact) mass is 443 g/mol. The van der Waals surface area contributed by atoms with E-state index in [1.54, 1.807) is 14.0 Å². The van der Waals surface area contributed by atoms with Crippen LogP contribution in [0.4, 0.5) is 0 Å². The Morgan fingerprint density at radius 3 is 2.59 bits per heavy atom. The van der Waals surface area contributed by atoms with Gasteiger partial charge in [-0.2, -0.15) is 5.10 Å². The molecule has 1 aromatic heterocycles. The van der Waals surface area contributed by atoms with Crippen molar-refractivity contribution in [1.82, 2.24) is 9.78 Å². The number of carboxylic acids is 1. The highest BCUT2D eigenvalue weighted by Gasteiger charge is 2.20. The van der Waals surface area contributed by atoms with E-state index in [1.165, 1.54) is 36.9 Å². The van der Waals surface area contributed by atoms with Crippen molar-refractivity contribution in [3.63, 3.8) is 0 Å². The number of oxime groups is 1. The van der Waals surface area contributed by atoms with Crippen LogP contribution in [0, 0.1) is 6.92 Å². The van der Waals surface area contributed by atoms with Gasteiger partial charge in [0, 0.05) is 13.1 Å². The molecule has 0 saturated carbocycles. The molecule has 0 spiro atoms. The molecule has 1 N–H and O–H groups in total. The molecule has 156 valence electrons. The number of ether oxygens (including phenoxy) is 2. The van der Waals surface area contributed by atoms with E-state index < -0.39 is 12.1 Å². The van der Waals surface area contributed by atoms with E-state index >= 15 is 0 Å². The van der Waals surface area contributed by atoms with Crippen LogP contribution < -0.4 is 9.47 Å². The van der Waals surface area contributed by atoms with Crippen molar-refractivity contribution >= 4 is 41.2 Å². The second kappa shape index (κ2) is 9.62. The summed E-state index contributed by atoms with van der Waals surface area (Å²) >= 11 is 12.3. The molecule has 0 aliphatic rings. The van der Waals surface area contributed by atoms with E-state index in [0.717, 1.165) is 0 Å². The first-order chi connectivity index (χ1) is 13.6. The molecule has 0 saturated heterocycles. The number of benzene rings is 1. The number of hydrogen-bond donors (Lipinski definition) is 1. The second-order valence-corrected chi connectivity index (χ2v) is 6.87. The Morgan fingerprint density at radius 2 is 1.97 bits per heavy atom. The van der Waals surface area contributed by atoms with Gasteiger partial charge < -0.3 is 19.4 Å². The summed E-state index contributed by atoms with van der Waals surface area (Å²) in [6.07, 6.45) is 0.246. The summed E-state index contributed by atoms with van der Waals surface area (Å²) in [6.45, 7) is 4.34. The first-order valence-electron chi connectivity index (χ1n) is 8.34. The summed E-state index contributed by atoms with van der Waals surface area (Å²) in [5.74, 6) is -0.757. The Labute approximate surface area is 176 Å². The third kappa shape index (κ3) is 5.85. The number of aliphatic carboxylic acids is 1. The van der Waals surface area contributed by atoms with Crippen molar-refractivity contribution in [1.29, 1.82) is 0 Å². The quantitative estimate of drug-likeness (QED) is 0.464. The predicted octanol–water partition coefficient (Wildman–Crippen LogP) is 3.62. The van der Waals surface area contributed by atoms with Crippen LogP contribution in [0.3, 0.4) is 0 Å². The molecule has 0 radical (unpaired) electrons. The van der Waals surface area contributed by atoms with Gasteiger partial charge in [-0.3, -0.25) is 4.79 Å². The number of aromatic nitrogens is 2. The van der Waals surface area contributed by atoms with Crippen molar-refractivity contribution in [3.8, 4) is 17.4 Å². The number of carboxylic acid groups (broad SMARTS) is 1. The molecule has 29 heavy (non-hydrogen) atoms. The Kier molecular flexibility index (Phi) is 7.46. The van der Waals surface area contributed by atoms with Crippen LogP contribution in [0.5, 0.6) is 17.4 Å². The summed E-state index contributed by atoms with van der Waals surface area (Å²) in [6, 6.07) is 2.77. The van der Waals surface area contributed by atoms with Gasteiger partial charge in [0.05, 0.1) is 27.5 Å². The summed E-state index contributed by atoms with van der Waals surface area (Å²) in [5, 5.41) is 17.3. The van der Waals surface area contributed by atoms with Crippen molar-refractivity contribution in [2.45, 2.75) is 26.9 Å². The average Bonchev–Trinajstić information content (AvgIpc) is 2.88. The molecule has 9 nitrogen and oxygen atoms in total. The zero-order valence-electron chi connectivity index (χ0n) is 16.1. The van der Waals surface area contributed by atoms with Gasteiger partial charge in [-0.05, 0) is 26.8 Å². The molecule has 0 amide bonds. The molecule has 0 unspecified atom stereocenters.